The summed E-state index contributed by atoms with van der Waals surface area (Å²) in [5.74, 6) is -1.53. The fraction of sp³-hybridized carbons (Fsp3) is 0.0909. The van der Waals surface area contributed by atoms with Crippen LogP contribution in [0, 0.1) is 0 Å². The van der Waals surface area contributed by atoms with Crippen LogP contribution >= 0.6 is 0 Å². The fourth-order valence-corrected chi connectivity index (χ4v) is 1.57. The minimum absolute atomic E-state index is 0.152. The first kappa shape index (κ1) is 12.3. The van der Waals surface area contributed by atoms with Crippen molar-refractivity contribution >= 4 is 0 Å². The molecule has 0 saturated carbocycles. The van der Waals surface area contributed by atoms with Crippen molar-refractivity contribution in [3.8, 4) is 22.8 Å². The SMILES string of the molecule is FC(F)(F)c1nc(-c2ccnc(-c3cnc[nH]3)c2)no1. The molecule has 20 heavy (non-hydrogen) atoms. The van der Waals surface area contributed by atoms with Gasteiger partial charge >= 0.3 is 12.1 Å². The highest BCUT2D eigenvalue weighted by molar-refractivity contribution is 5.63. The van der Waals surface area contributed by atoms with Crippen LogP contribution in [0.5, 0.6) is 0 Å². The number of halogens is 3. The first-order valence-electron chi connectivity index (χ1n) is 5.40. The molecule has 0 aromatic carbocycles. The normalized spacial score (nSPS) is 11.8. The van der Waals surface area contributed by atoms with Crippen molar-refractivity contribution < 1.29 is 17.7 Å². The van der Waals surface area contributed by atoms with Gasteiger partial charge in [-0.25, -0.2) is 4.98 Å². The molecule has 0 unspecified atom stereocenters. The van der Waals surface area contributed by atoms with Gasteiger partial charge in [-0.3, -0.25) is 4.98 Å². The quantitative estimate of drug-likeness (QED) is 0.780. The van der Waals surface area contributed by atoms with Gasteiger partial charge < -0.3 is 9.51 Å². The van der Waals surface area contributed by atoms with E-state index in [1.165, 1.54) is 18.6 Å². The Hall–Kier alpha value is -2.71. The number of hydrogen-bond acceptors (Lipinski definition) is 5. The second-order valence-electron chi connectivity index (χ2n) is 3.82. The Balaban J connectivity index is 1.99. The topological polar surface area (TPSA) is 80.5 Å². The molecule has 0 radical (unpaired) electrons. The van der Waals surface area contributed by atoms with E-state index in [2.05, 4.69) is 29.6 Å². The molecule has 0 spiro atoms. The highest BCUT2D eigenvalue weighted by Crippen LogP contribution is 2.29. The lowest BCUT2D eigenvalue weighted by molar-refractivity contribution is -0.159. The molecule has 0 atom stereocenters. The zero-order valence-electron chi connectivity index (χ0n) is 9.72. The highest BCUT2D eigenvalue weighted by atomic mass is 19.4. The van der Waals surface area contributed by atoms with E-state index < -0.39 is 12.1 Å². The third kappa shape index (κ3) is 2.25. The monoisotopic (exact) mass is 281 g/mol. The zero-order valence-corrected chi connectivity index (χ0v) is 9.72. The van der Waals surface area contributed by atoms with E-state index in [4.69, 9.17) is 0 Å². The van der Waals surface area contributed by atoms with Crippen molar-refractivity contribution in [3.05, 3.63) is 36.7 Å². The van der Waals surface area contributed by atoms with E-state index in [0.717, 1.165) is 0 Å². The number of nitrogens with zero attached hydrogens (tertiary/aromatic N) is 4. The van der Waals surface area contributed by atoms with E-state index in [1.54, 1.807) is 12.3 Å². The predicted octanol–water partition coefficient (Wildman–Crippen LogP) is 2.54. The molecule has 0 bridgehead atoms. The maximum Gasteiger partial charge on any atom is 0.471 e. The van der Waals surface area contributed by atoms with Gasteiger partial charge in [0.1, 0.15) is 0 Å². The summed E-state index contributed by atoms with van der Waals surface area (Å²) >= 11 is 0. The second kappa shape index (κ2) is 4.44. The average Bonchev–Trinajstić information content (AvgIpc) is 3.10. The molecule has 3 aromatic heterocycles. The van der Waals surface area contributed by atoms with Crippen molar-refractivity contribution in [2.24, 2.45) is 0 Å². The molecule has 0 aliphatic rings. The molecule has 3 heterocycles. The number of nitrogens with one attached hydrogen (secondary N) is 1. The van der Waals surface area contributed by atoms with Gasteiger partial charge in [0.25, 0.3) is 0 Å². The molecule has 1 N–H and O–H groups in total. The van der Waals surface area contributed by atoms with Gasteiger partial charge in [0.05, 0.1) is 23.9 Å². The lowest BCUT2D eigenvalue weighted by atomic mass is 10.2. The minimum atomic E-state index is -4.66. The van der Waals surface area contributed by atoms with E-state index in [-0.39, 0.29) is 5.82 Å². The van der Waals surface area contributed by atoms with Gasteiger partial charge in [0, 0.05) is 11.8 Å². The predicted molar refractivity (Wildman–Crippen MR) is 60.1 cm³/mol. The van der Waals surface area contributed by atoms with E-state index in [9.17, 15) is 13.2 Å². The number of rotatable bonds is 2. The standard InChI is InChI=1S/C11H6F3N5O/c12-11(13,14)10-18-9(19-20-10)6-1-2-16-7(3-6)8-4-15-5-17-8/h1-5H,(H,15,17). The molecule has 0 fully saturated rings. The lowest BCUT2D eigenvalue weighted by Gasteiger charge is -1.99. The average molecular weight is 281 g/mol. The molecule has 0 aliphatic carbocycles. The zero-order chi connectivity index (χ0) is 14.2. The summed E-state index contributed by atoms with van der Waals surface area (Å²) in [6.07, 6.45) is -0.205. The van der Waals surface area contributed by atoms with Gasteiger partial charge in [-0.1, -0.05) is 5.16 Å². The first-order valence-corrected chi connectivity index (χ1v) is 5.40. The molecule has 3 rings (SSSR count). The number of hydrogen-bond donors (Lipinski definition) is 1. The Labute approximate surface area is 109 Å². The maximum absolute atomic E-state index is 12.4. The Morgan fingerprint density at radius 1 is 1.25 bits per heavy atom. The van der Waals surface area contributed by atoms with Crippen molar-refractivity contribution in [1.29, 1.82) is 0 Å². The summed E-state index contributed by atoms with van der Waals surface area (Å²) in [6.45, 7) is 0. The number of imidazole rings is 1. The molecule has 0 amide bonds. The van der Waals surface area contributed by atoms with E-state index in [1.807, 2.05) is 0 Å². The van der Waals surface area contributed by atoms with Gasteiger partial charge in [-0.05, 0) is 12.1 Å². The lowest BCUT2D eigenvalue weighted by Crippen LogP contribution is -2.04. The van der Waals surface area contributed by atoms with Crippen LogP contribution in [0.3, 0.4) is 0 Å². The molecular weight excluding hydrogens is 275 g/mol. The fourth-order valence-electron chi connectivity index (χ4n) is 1.57. The maximum atomic E-state index is 12.4. The van der Waals surface area contributed by atoms with Crippen molar-refractivity contribution in [2.45, 2.75) is 6.18 Å². The molecule has 102 valence electrons. The summed E-state index contributed by atoms with van der Waals surface area (Å²) in [5, 5.41) is 3.32. The summed E-state index contributed by atoms with van der Waals surface area (Å²) < 4.78 is 41.4. The molecule has 6 nitrogen and oxygen atoms in total. The summed E-state index contributed by atoms with van der Waals surface area (Å²) in [7, 11) is 0. The highest BCUT2D eigenvalue weighted by Gasteiger charge is 2.38. The van der Waals surface area contributed by atoms with Crippen LogP contribution in [0.4, 0.5) is 13.2 Å². The van der Waals surface area contributed by atoms with Crippen molar-refractivity contribution in [1.82, 2.24) is 25.1 Å². The van der Waals surface area contributed by atoms with Crippen LogP contribution in [0.1, 0.15) is 5.89 Å². The van der Waals surface area contributed by atoms with Gasteiger partial charge in [-0.15, -0.1) is 0 Å². The van der Waals surface area contributed by atoms with Crippen molar-refractivity contribution in [2.75, 3.05) is 0 Å². The number of alkyl halides is 3. The first-order chi connectivity index (χ1) is 9.54. The van der Waals surface area contributed by atoms with Gasteiger partial charge in [0.15, 0.2) is 0 Å². The van der Waals surface area contributed by atoms with Gasteiger partial charge in [-0.2, -0.15) is 18.2 Å². The Bertz CT molecular complexity index is 720. The van der Waals surface area contributed by atoms with Crippen LogP contribution < -0.4 is 0 Å². The van der Waals surface area contributed by atoms with Crippen LogP contribution in [0.2, 0.25) is 0 Å². The van der Waals surface area contributed by atoms with E-state index >= 15 is 0 Å². The Kier molecular flexibility index (Phi) is 2.74. The number of pyridine rings is 1. The summed E-state index contributed by atoms with van der Waals surface area (Å²) in [5.41, 5.74) is 1.51. The van der Waals surface area contributed by atoms with Crippen LogP contribution in [0.25, 0.3) is 22.8 Å². The van der Waals surface area contributed by atoms with E-state index in [0.29, 0.717) is 17.0 Å². The summed E-state index contributed by atoms with van der Waals surface area (Å²) in [4.78, 5) is 14.1. The Morgan fingerprint density at radius 3 is 2.75 bits per heavy atom. The third-order valence-electron chi connectivity index (χ3n) is 2.46. The molecular formula is C11H6F3N5O. The molecule has 9 heteroatoms. The Morgan fingerprint density at radius 2 is 2.10 bits per heavy atom. The number of aromatic nitrogens is 5. The molecule has 0 saturated heterocycles. The van der Waals surface area contributed by atoms with Crippen LogP contribution in [-0.2, 0) is 6.18 Å². The van der Waals surface area contributed by atoms with Crippen molar-refractivity contribution in [3.63, 3.8) is 0 Å². The largest absolute Gasteiger partial charge is 0.471 e. The second-order valence-corrected chi connectivity index (χ2v) is 3.82. The molecule has 0 aliphatic heterocycles. The smallest absolute Gasteiger partial charge is 0.343 e. The number of aromatic amines is 1. The van der Waals surface area contributed by atoms with Crippen LogP contribution in [-0.4, -0.2) is 25.1 Å². The third-order valence-corrected chi connectivity index (χ3v) is 2.46. The molecule has 3 aromatic rings. The minimum Gasteiger partial charge on any atom is -0.343 e. The summed E-state index contributed by atoms with van der Waals surface area (Å²) in [6, 6.07) is 3.03. The van der Waals surface area contributed by atoms with Gasteiger partial charge in [0.2, 0.25) is 5.82 Å². The van der Waals surface area contributed by atoms with Crippen LogP contribution in [0.15, 0.2) is 35.4 Å². The number of H-pyrrole nitrogens is 1.